The number of rotatable bonds is 13. The van der Waals surface area contributed by atoms with Gasteiger partial charge in [-0.2, -0.15) is 24.4 Å². The summed E-state index contributed by atoms with van der Waals surface area (Å²) in [5.41, 5.74) is 8.21. The van der Waals surface area contributed by atoms with Gasteiger partial charge in [0.25, 0.3) is 0 Å². The van der Waals surface area contributed by atoms with Crippen molar-refractivity contribution in [2.45, 2.75) is 51.2 Å². The molecule has 1 rings (SSSR count). The molecule has 27 heavy (non-hydrogen) atoms. The van der Waals surface area contributed by atoms with Gasteiger partial charge in [0.05, 0.1) is 6.61 Å². The van der Waals surface area contributed by atoms with Crippen molar-refractivity contribution in [1.82, 2.24) is 4.90 Å². The van der Waals surface area contributed by atoms with E-state index in [2.05, 4.69) is 32.5 Å². The molecule has 0 aromatic heterocycles. The lowest BCUT2D eigenvalue weighted by atomic mass is 9.96. The van der Waals surface area contributed by atoms with Gasteiger partial charge in [-0.1, -0.05) is 19.9 Å². The lowest BCUT2D eigenvalue weighted by Gasteiger charge is -2.26. The molecule has 0 spiro atoms. The molecule has 0 heterocycles. The normalized spacial score (nSPS) is 13.8. The van der Waals surface area contributed by atoms with Crippen LogP contribution in [0.1, 0.15) is 43.7 Å². The van der Waals surface area contributed by atoms with Crippen molar-refractivity contribution in [3.05, 3.63) is 29.3 Å². The molecule has 0 aliphatic carbocycles. The predicted molar refractivity (Wildman–Crippen MR) is 118 cm³/mol. The lowest BCUT2D eigenvalue weighted by Crippen LogP contribution is -2.38. The third-order valence-corrected chi connectivity index (χ3v) is 5.67. The van der Waals surface area contributed by atoms with Crippen LogP contribution in [0.5, 0.6) is 5.75 Å². The molecule has 5 nitrogen and oxygen atoms in total. The third kappa shape index (κ3) is 8.34. The second kappa shape index (κ2) is 12.5. The highest BCUT2D eigenvalue weighted by Gasteiger charge is 2.23. The van der Waals surface area contributed by atoms with Crippen molar-refractivity contribution in [3.63, 3.8) is 0 Å². The van der Waals surface area contributed by atoms with Crippen LogP contribution in [0.15, 0.2) is 18.2 Å². The summed E-state index contributed by atoms with van der Waals surface area (Å²) in [6.45, 7) is 5.41. The number of carboxylic acid groups (broad SMARTS) is 1. The van der Waals surface area contributed by atoms with E-state index in [0.717, 1.165) is 23.5 Å². The number of benzene rings is 1. The van der Waals surface area contributed by atoms with Crippen molar-refractivity contribution in [2.75, 3.05) is 31.4 Å². The molecule has 0 bridgehead atoms. The summed E-state index contributed by atoms with van der Waals surface area (Å²) in [5, 5.41) is 9.58. The van der Waals surface area contributed by atoms with E-state index in [1.807, 2.05) is 30.3 Å². The third-order valence-electron chi connectivity index (χ3n) is 4.56. The number of thioether (sulfide) groups is 1. The fourth-order valence-electron chi connectivity index (χ4n) is 2.93. The van der Waals surface area contributed by atoms with E-state index in [1.165, 1.54) is 5.56 Å². The maximum atomic E-state index is 11.7. The first-order valence-electron chi connectivity index (χ1n) is 9.34. The summed E-state index contributed by atoms with van der Waals surface area (Å²) in [6, 6.07) is 5.63. The van der Waals surface area contributed by atoms with Crippen molar-refractivity contribution in [2.24, 2.45) is 5.73 Å². The molecule has 3 N–H and O–H groups in total. The molecule has 0 saturated heterocycles. The predicted octanol–water partition coefficient (Wildman–Crippen LogP) is 3.47. The topological polar surface area (TPSA) is 75.8 Å². The van der Waals surface area contributed by atoms with Gasteiger partial charge >= 0.3 is 5.97 Å². The summed E-state index contributed by atoms with van der Waals surface area (Å²) < 4.78 is 5.86. The van der Waals surface area contributed by atoms with E-state index in [-0.39, 0.29) is 6.04 Å². The Morgan fingerprint density at radius 1 is 1.37 bits per heavy atom. The van der Waals surface area contributed by atoms with E-state index in [1.54, 1.807) is 11.8 Å². The standard InChI is InChI=1S/C20H34N2O3S2/c1-14(2)18-6-5-17(25-9-7-16(21)13-26)11-15(18)12-22(3)19(20(23)24)8-10-27-4/h5-6,11,14,16,19,26H,7-10,12-13,21H2,1-4H3,(H,23,24). The number of nitrogens with zero attached hydrogens (tertiary/aromatic N) is 1. The average Bonchev–Trinajstić information content (AvgIpc) is 2.61. The number of thiol groups is 1. The monoisotopic (exact) mass is 414 g/mol. The van der Waals surface area contributed by atoms with Crippen LogP contribution >= 0.6 is 24.4 Å². The van der Waals surface area contributed by atoms with E-state index in [4.69, 9.17) is 10.5 Å². The first-order chi connectivity index (χ1) is 12.8. The fraction of sp³-hybridized carbons (Fsp3) is 0.650. The molecule has 0 fully saturated rings. The number of hydrogen-bond acceptors (Lipinski definition) is 6. The van der Waals surface area contributed by atoms with Gasteiger partial charge in [-0.3, -0.25) is 9.69 Å². The number of nitrogens with two attached hydrogens (primary N) is 1. The number of carbonyl (C=O) groups is 1. The number of likely N-dealkylation sites (N-methyl/N-ethyl adjacent to an activating group) is 1. The van der Waals surface area contributed by atoms with Crippen LogP contribution in [-0.2, 0) is 11.3 Å². The van der Waals surface area contributed by atoms with Crippen LogP contribution in [0.3, 0.4) is 0 Å². The minimum Gasteiger partial charge on any atom is -0.494 e. The quantitative estimate of drug-likeness (QED) is 0.429. The van der Waals surface area contributed by atoms with Crippen molar-refractivity contribution < 1.29 is 14.6 Å². The van der Waals surface area contributed by atoms with Gasteiger partial charge in [0.1, 0.15) is 11.8 Å². The Balaban J connectivity index is 2.91. The van der Waals surface area contributed by atoms with Crippen LogP contribution in [-0.4, -0.2) is 59.5 Å². The zero-order valence-corrected chi connectivity index (χ0v) is 18.6. The van der Waals surface area contributed by atoms with Crippen LogP contribution < -0.4 is 10.5 Å². The average molecular weight is 415 g/mol. The zero-order chi connectivity index (χ0) is 20.4. The summed E-state index contributed by atoms with van der Waals surface area (Å²) >= 11 is 5.86. The first kappa shape index (κ1) is 24.1. The Bertz CT molecular complexity index is 584. The molecule has 2 atom stereocenters. The fourth-order valence-corrected chi connectivity index (χ4v) is 3.57. The Kier molecular flexibility index (Phi) is 11.2. The minimum atomic E-state index is -0.772. The van der Waals surface area contributed by atoms with Gasteiger partial charge < -0.3 is 15.6 Å². The van der Waals surface area contributed by atoms with Crippen LogP contribution in [0.25, 0.3) is 0 Å². The van der Waals surface area contributed by atoms with E-state index >= 15 is 0 Å². The van der Waals surface area contributed by atoms with Crippen molar-refractivity contribution >= 4 is 30.4 Å². The molecule has 0 amide bonds. The van der Waals surface area contributed by atoms with Crippen molar-refractivity contribution in [3.8, 4) is 5.75 Å². The molecule has 2 unspecified atom stereocenters. The Hall–Kier alpha value is -0.890. The molecule has 154 valence electrons. The second-order valence-corrected chi connectivity index (χ2v) is 8.50. The zero-order valence-electron chi connectivity index (χ0n) is 16.9. The molecule has 0 aliphatic rings. The van der Waals surface area contributed by atoms with E-state index < -0.39 is 12.0 Å². The molecular weight excluding hydrogens is 380 g/mol. The molecule has 1 aromatic rings. The minimum absolute atomic E-state index is 0.0293. The van der Waals surface area contributed by atoms with Crippen LogP contribution in [0, 0.1) is 0 Å². The second-order valence-electron chi connectivity index (χ2n) is 7.15. The molecular formula is C20H34N2O3S2. The van der Waals surface area contributed by atoms with Crippen LogP contribution in [0.4, 0.5) is 0 Å². The summed E-state index contributed by atoms with van der Waals surface area (Å²) in [7, 11) is 1.88. The number of carboxylic acids is 1. The van der Waals surface area contributed by atoms with Crippen molar-refractivity contribution in [1.29, 1.82) is 0 Å². The highest BCUT2D eigenvalue weighted by molar-refractivity contribution is 7.98. The van der Waals surface area contributed by atoms with Gasteiger partial charge in [-0.05, 0) is 61.1 Å². The van der Waals surface area contributed by atoms with Gasteiger partial charge in [0.2, 0.25) is 0 Å². The highest BCUT2D eigenvalue weighted by atomic mass is 32.2. The maximum absolute atomic E-state index is 11.7. The van der Waals surface area contributed by atoms with Gasteiger partial charge in [0, 0.05) is 18.3 Å². The summed E-state index contributed by atoms with van der Waals surface area (Å²) in [6.07, 6.45) is 3.37. The Morgan fingerprint density at radius 2 is 2.07 bits per heavy atom. The van der Waals surface area contributed by atoms with E-state index in [0.29, 0.717) is 31.2 Å². The summed E-state index contributed by atoms with van der Waals surface area (Å²) in [4.78, 5) is 13.6. The summed E-state index contributed by atoms with van der Waals surface area (Å²) in [5.74, 6) is 1.84. The molecule has 0 aliphatic heterocycles. The Labute approximate surface area is 173 Å². The smallest absolute Gasteiger partial charge is 0.320 e. The molecule has 1 aromatic carbocycles. The van der Waals surface area contributed by atoms with E-state index in [9.17, 15) is 9.90 Å². The van der Waals surface area contributed by atoms with Gasteiger partial charge in [-0.25, -0.2) is 0 Å². The highest BCUT2D eigenvalue weighted by Crippen LogP contribution is 2.26. The first-order valence-corrected chi connectivity index (χ1v) is 11.4. The molecule has 7 heteroatoms. The maximum Gasteiger partial charge on any atom is 0.320 e. The molecule has 0 saturated carbocycles. The number of aliphatic carboxylic acids is 1. The SMILES string of the molecule is CSCCC(C(=O)O)N(C)Cc1cc(OCCC(N)CS)ccc1C(C)C. The number of hydrogen-bond donors (Lipinski definition) is 3. The van der Waals surface area contributed by atoms with Gasteiger partial charge in [0.15, 0.2) is 0 Å². The lowest BCUT2D eigenvalue weighted by molar-refractivity contribution is -0.143. The van der Waals surface area contributed by atoms with Crippen LogP contribution in [0.2, 0.25) is 0 Å². The Morgan fingerprint density at radius 3 is 2.63 bits per heavy atom. The largest absolute Gasteiger partial charge is 0.494 e. The molecule has 0 radical (unpaired) electrons. The van der Waals surface area contributed by atoms with Gasteiger partial charge in [-0.15, -0.1) is 0 Å². The number of ether oxygens (including phenoxy) is 1.